The number of benzene rings is 1. The maximum Gasteiger partial charge on any atom is 0.0991 e. The summed E-state index contributed by atoms with van der Waals surface area (Å²) in [7, 11) is 2.22. The molecule has 1 aromatic carbocycles. The normalized spacial score (nSPS) is 23.8. The Labute approximate surface area is 129 Å². The molecule has 0 aliphatic carbocycles. The third-order valence-electron chi connectivity index (χ3n) is 4.40. The van der Waals surface area contributed by atoms with E-state index in [-0.39, 0.29) is 0 Å². The van der Waals surface area contributed by atoms with Gasteiger partial charge in [0.2, 0.25) is 0 Å². The van der Waals surface area contributed by atoms with Crippen LogP contribution in [0.1, 0.15) is 50.3 Å². The topological polar surface area (TPSA) is 39.1 Å². The minimum Gasteiger partial charge on any atom is -0.314 e. The molecule has 0 amide bonds. The van der Waals surface area contributed by atoms with Crippen molar-refractivity contribution in [2.75, 3.05) is 20.1 Å². The molecule has 2 unspecified atom stereocenters. The molecular formula is C18H27N3. The Balaban J connectivity index is 2.25. The van der Waals surface area contributed by atoms with E-state index in [9.17, 15) is 0 Å². The molecule has 1 heterocycles. The van der Waals surface area contributed by atoms with E-state index >= 15 is 0 Å². The second-order valence-electron chi connectivity index (χ2n) is 6.48. The summed E-state index contributed by atoms with van der Waals surface area (Å²) in [4.78, 5) is 2.47. The Morgan fingerprint density at radius 3 is 2.90 bits per heavy atom. The van der Waals surface area contributed by atoms with Crippen LogP contribution in [-0.4, -0.2) is 31.1 Å². The van der Waals surface area contributed by atoms with Gasteiger partial charge in [-0.05, 0) is 50.0 Å². The number of likely N-dealkylation sites (tertiary alicyclic amines) is 1. The largest absolute Gasteiger partial charge is 0.314 e. The smallest absolute Gasteiger partial charge is 0.0991 e. The first-order chi connectivity index (χ1) is 10.1. The van der Waals surface area contributed by atoms with Crippen LogP contribution in [0.4, 0.5) is 0 Å². The summed E-state index contributed by atoms with van der Waals surface area (Å²) in [5.74, 6) is 0.605. The van der Waals surface area contributed by atoms with Crippen molar-refractivity contribution in [1.29, 1.82) is 5.26 Å². The van der Waals surface area contributed by atoms with E-state index in [1.807, 2.05) is 12.1 Å². The van der Waals surface area contributed by atoms with Crippen LogP contribution >= 0.6 is 0 Å². The van der Waals surface area contributed by atoms with E-state index in [0.29, 0.717) is 18.0 Å². The second-order valence-corrected chi connectivity index (χ2v) is 6.48. The summed E-state index contributed by atoms with van der Waals surface area (Å²) in [6, 6.07) is 11.3. The highest BCUT2D eigenvalue weighted by Gasteiger charge is 2.29. The lowest BCUT2D eigenvalue weighted by molar-refractivity contribution is 0.187. The van der Waals surface area contributed by atoms with Gasteiger partial charge in [0.1, 0.15) is 0 Å². The lowest BCUT2D eigenvalue weighted by Gasteiger charge is -2.33. The second kappa shape index (κ2) is 7.59. The summed E-state index contributed by atoms with van der Waals surface area (Å²) in [5, 5.41) is 12.7. The summed E-state index contributed by atoms with van der Waals surface area (Å²) < 4.78 is 0. The van der Waals surface area contributed by atoms with Gasteiger partial charge in [-0.2, -0.15) is 5.26 Å². The molecule has 1 fully saturated rings. The molecule has 1 aromatic rings. The van der Waals surface area contributed by atoms with Gasteiger partial charge in [-0.25, -0.2) is 0 Å². The van der Waals surface area contributed by atoms with Crippen LogP contribution in [0.5, 0.6) is 0 Å². The van der Waals surface area contributed by atoms with Crippen molar-refractivity contribution >= 4 is 0 Å². The van der Waals surface area contributed by atoms with Gasteiger partial charge in [-0.1, -0.05) is 32.4 Å². The van der Waals surface area contributed by atoms with Crippen molar-refractivity contribution in [3.8, 4) is 6.07 Å². The molecule has 0 saturated carbocycles. The predicted octanol–water partition coefficient (Wildman–Crippen LogP) is 3.33. The summed E-state index contributed by atoms with van der Waals surface area (Å²) in [6.45, 7) is 6.58. The third-order valence-corrected chi connectivity index (χ3v) is 4.40. The van der Waals surface area contributed by atoms with Crippen molar-refractivity contribution in [3.05, 3.63) is 35.4 Å². The zero-order chi connectivity index (χ0) is 15.2. The minimum absolute atomic E-state index is 0.409. The molecule has 0 bridgehead atoms. The Bertz CT molecular complexity index is 489. The molecule has 0 radical (unpaired) electrons. The molecule has 0 spiro atoms. The van der Waals surface area contributed by atoms with Crippen LogP contribution in [-0.2, 0) is 0 Å². The number of nitrogens with one attached hydrogen (secondary N) is 1. The standard InChI is InChI=1S/C18H27N3/c1-14(2)20-13-17-8-4-5-10-21(3)18(17)16-9-6-7-15(11-16)12-19/h6-7,9,11,14,17-18,20H,4-5,8,10,13H2,1-3H3. The monoisotopic (exact) mass is 285 g/mol. The van der Waals surface area contributed by atoms with Crippen LogP contribution in [0.25, 0.3) is 0 Å². The van der Waals surface area contributed by atoms with E-state index in [0.717, 1.165) is 18.7 Å². The minimum atomic E-state index is 0.409. The molecule has 0 aromatic heterocycles. The van der Waals surface area contributed by atoms with Gasteiger partial charge in [-0.15, -0.1) is 0 Å². The molecule has 1 aliphatic rings. The lowest BCUT2D eigenvalue weighted by Crippen LogP contribution is -2.37. The number of nitrogens with zero attached hydrogens (tertiary/aromatic N) is 2. The highest BCUT2D eigenvalue weighted by atomic mass is 15.1. The van der Waals surface area contributed by atoms with Crippen molar-refractivity contribution in [2.45, 2.75) is 45.2 Å². The zero-order valence-corrected chi connectivity index (χ0v) is 13.5. The van der Waals surface area contributed by atoms with Gasteiger partial charge >= 0.3 is 0 Å². The average Bonchev–Trinajstić information content (AvgIpc) is 2.66. The van der Waals surface area contributed by atoms with E-state index in [2.05, 4.69) is 49.3 Å². The van der Waals surface area contributed by atoms with Crippen LogP contribution in [0.3, 0.4) is 0 Å². The third kappa shape index (κ3) is 4.30. The molecule has 1 N–H and O–H groups in total. The Morgan fingerprint density at radius 1 is 1.38 bits per heavy atom. The maximum absolute atomic E-state index is 9.15. The summed E-state index contributed by atoms with van der Waals surface area (Å²) in [6.07, 6.45) is 3.82. The fourth-order valence-corrected chi connectivity index (χ4v) is 3.34. The first kappa shape index (κ1) is 16.0. The number of hydrogen-bond donors (Lipinski definition) is 1. The van der Waals surface area contributed by atoms with Gasteiger partial charge in [0.05, 0.1) is 11.6 Å². The SMILES string of the molecule is CC(C)NCC1CCCCN(C)C1c1cccc(C#N)c1. The summed E-state index contributed by atoms with van der Waals surface area (Å²) in [5.41, 5.74) is 2.05. The van der Waals surface area contributed by atoms with Gasteiger partial charge in [-0.3, -0.25) is 4.90 Å². The van der Waals surface area contributed by atoms with Crippen LogP contribution < -0.4 is 5.32 Å². The highest BCUT2D eigenvalue weighted by Crippen LogP contribution is 2.34. The van der Waals surface area contributed by atoms with Gasteiger partial charge in [0, 0.05) is 18.6 Å². The first-order valence-electron chi connectivity index (χ1n) is 8.05. The van der Waals surface area contributed by atoms with Crippen molar-refractivity contribution in [2.24, 2.45) is 5.92 Å². The average molecular weight is 285 g/mol. The van der Waals surface area contributed by atoms with Gasteiger partial charge < -0.3 is 5.32 Å². The molecule has 1 aliphatic heterocycles. The maximum atomic E-state index is 9.15. The number of nitriles is 1. The fourth-order valence-electron chi connectivity index (χ4n) is 3.34. The van der Waals surface area contributed by atoms with E-state index in [1.54, 1.807) is 0 Å². The van der Waals surface area contributed by atoms with E-state index in [1.165, 1.54) is 24.8 Å². The summed E-state index contributed by atoms with van der Waals surface area (Å²) >= 11 is 0. The molecule has 1 saturated heterocycles. The quantitative estimate of drug-likeness (QED) is 0.922. The predicted molar refractivity (Wildman–Crippen MR) is 87.0 cm³/mol. The Hall–Kier alpha value is -1.37. The fraction of sp³-hybridized carbons (Fsp3) is 0.611. The van der Waals surface area contributed by atoms with E-state index in [4.69, 9.17) is 5.26 Å². The molecule has 21 heavy (non-hydrogen) atoms. The zero-order valence-electron chi connectivity index (χ0n) is 13.5. The Kier molecular flexibility index (Phi) is 5.78. The first-order valence-corrected chi connectivity index (χ1v) is 8.05. The van der Waals surface area contributed by atoms with Gasteiger partial charge in [0.15, 0.2) is 0 Å². The van der Waals surface area contributed by atoms with Crippen molar-refractivity contribution in [1.82, 2.24) is 10.2 Å². The molecular weight excluding hydrogens is 258 g/mol. The Morgan fingerprint density at radius 2 is 2.19 bits per heavy atom. The van der Waals surface area contributed by atoms with Crippen LogP contribution in [0.15, 0.2) is 24.3 Å². The molecule has 3 heteroatoms. The molecule has 2 atom stereocenters. The molecule has 3 nitrogen and oxygen atoms in total. The lowest BCUT2D eigenvalue weighted by atomic mass is 9.88. The van der Waals surface area contributed by atoms with E-state index < -0.39 is 0 Å². The number of hydrogen-bond acceptors (Lipinski definition) is 3. The number of rotatable bonds is 4. The van der Waals surface area contributed by atoms with Crippen molar-refractivity contribution in [3.63, 3.8) is 0 Å². The van der Waals surface area contributed by atoms with Crippen LogP contribution in [0.2, 0.25) is 0 Å². The van der Waals surface area contributed by atoms with Crippen molar-refractivity contribution < 1.29 is 0 Å². The highest BCUT2D eigenvalue weighted by molar-refractivity contribution is 5.34. The molecule has 2 rings (SSSR count). The molecule has 114 valence electrons. The van der Waals surface area contributed by atoms with Gasteiger partial charge in [0.25, 0.3) is 0 Å². The van der Waals surface area contributed by atoms with Crippen LogP contribution in [0, 0.1) is 17.2 Å².